The third-order valence-electron chi connectivity index (χ3n) is 3.89. The van der Waals surface area contributed by atoms with Gasteiger partial charge in [-0.2, -0.15) is 0 Å². The molecule has 3 rings (SSSR count). The number of rotatable bonds is 7. The monoisotopic (exact) mass is 341 g/mol. The average molecular weight is 341 g/mol. The smallest absolute Gasteiger partial charge is 0.335 e. The summed E-state index contributed by atoms with van der Waals surface area (Å²) < 4.78 is 7.33. The normalized spacial score (nSPS) is 10.9. The lowest BCUT2D eigenvalue weighted by Gasteiger charge is -2.09. The molecule has 0 saturated heterocycles. The summed E-state index contributed by atoms with van der Waals surface area (Å²) in [5.74, 6) is 0.367. The zero-order valence-corrected chi connectivity index (χ0v) is 13.9. The number of aromatic carboxylic acids is 1. The Morgan fingerprint density at radius 1 is 1.32 bits per heavy atom. The van der Waals surface area contributed by atoms with Crippen LogP contribution >= 0.6 is 0 Å². The number of amides is 1. The maximum atomic E-state index is 11.8. The molecule has 7 nitrogen and oxygen atoms in total. The molecule has 1 amide bonds. The summed E-state index contributed by atoms with van der Waals surface area (Å²) in [7, 11) is 0. The Morgan fingerprint density at radius 3 is 2.84 bits per heavy atom. The number of nitrogens with zero attached hydrogens (tertiary/aromatic N) is 2. The van der Waals surface area contributed by atoms with Crippen molar-refractivity contribution < 1.29 is 19.1 Å². The van der Waals surface area contributed by atoms with Crippen LogP contribution in [0.5, 0.6) is 0 Å². The largest absolute Gasteiger partial charge is 0.478 e. The minimum absolute atomic E-state index is 0.0367. The molecule has 0 aliphatic heterocycles. The first-order chi connectivity index (χ1) is 12.1. The number of carbonyl (C=O) groups is 2. The molecule has 0 saturated carbocycles. The Balaban J connectivity index is 1.96. The van der Waals surface area contributed by atoms with Crippen LogP contribution in [0.4, 0.5) is 0 Å². The first-order valence-corrected chi connectivity index (χ1v) is 8.10. The van der Waals surface area contributed by atoms with Crippen LogP contribution in [0.15, 0.2) is 41.0 Å². The number of carbonyl (C=O) groups excluding carboxylic acids is 1. The molecule has 0 atom stereocenters. The molecule has 0 radical (unpaired) electrons. The van der Waals surface area contributed by atoms with Gasteiger partial charge in [-0.3, -0.25) is 4.79 Å². The third kappa shape index (κ3) is 3.71. The molecule has 0 bridgehead atoms. The van der Waals surface area contributed by atoms with Crippen molar-refractivity contribution in [1.82, 2.24) is 14.9 Å². The molecular weight excluding hydrogens is 322 g/mol. The molecule has 2 aromatic heterocycles. The highest BCUT2D eigenvalue weighted by molar-refractivity contribution is 5.92. The van der Waals surface area contributed by atoms with Crippen molar-refractivity contribution in [3.8, 4) is 0 Å². The van der Waals surface area contributed by atoms with Crippen molar-refractivity contribution in [2.45, 2.75) is 32.9 Å². The highest BCUT2D eigenvalue weighted by Crippen LogP contribution is 2.20. The highest BCUT2D eigenvalue weighted by Gasteiger charge is 2.15. The van der Waals surface area contributed by atoms with E-state index in [1.54, 1.807) is 24.5 Å². The summed E-state index contributed by atoms with van der Waals surface area (Å²) >= 11 is 0. The first-order valence-electron chi connectivity index (χ1n) is 8.10. The van der Waals surface area contributed by atoms with Crippen molar-refractivity contribution in [3.05, 3.63) is 53.7 Å². The molecule has 0 fully saturated rings. The lowest BCUT2D eigenvalue weighted by Crippen LogP contribution is -2.24. The second kappa shape index (κ2) is 7.21. The van der Waals surface area contributed by atoms with Crippen LogP contribution in [0.1, 0.15) is 41.7 Å². The molecular formula is C18H19N3O4. The van der Waals surface area contributed by atoms with Gasteiger partial charge in [0.05, 0.1) is 35.9 Å². The number of aromatic nitrogens is 2. The number of furan rings is 1. The van der Waals surface area contributed by atoms with Gasteiger partial charge in [-0.05, 0) is 36.8 Å². The quantitative estimate of drug-likeness (QED) is 0.689. The molecule has 2 heterocycles. The first kappa shape index (κ1) is 16.8. The third-order valence-corrected chi connectivity index (χ3v) is 3.89. The van der Waals surface area contributed by atoms with E-state index in [0.29, 0.717) is 24.3 Å². The number of hydrogen-bond donors (Lipinski definition) is 2. The van der Waals surface area contributed by atoms with Gasteiger partial charge in [-0.25, -0.2) is 9.78 Å². The van der Waals surface area contributed by atoms with Crippen LogP contribution in [0.2, 0.25) is 0 Å². The maximum absolute atomic E-state index is 11.8. The minimum Gasteiger partial charge on any atom is -0.478 e. The van der Waals surface area contributed by atoms with Crippen molar-refractivity contribution in [2.24, 2.45) is 0 Å². The summed E-state index contributed by atoms with van der Waals surface area (Å²) in [5, 5.41) is 12.0. The highest BCUT2D eigenvalue weighted by atomic mass is 16.4. The number of carboxylic acids is 1. The maximum Gasteiger partial charge on any atom is 0.335 e. The fraction of sp³-hybridized carbons (Fsp3) is 0.278. The molecule has 25 heavy (non-hydrogen) atoms. The molecule has 0 unspecified atom stereocenters. The van der Waals surface area contributed by atoms with Crippen molar-refractivity contribution in [1.29, 1.82) is 0 Å². The summed E-state index contributed by atoms with van der Waals surface area (Å²) in [6.45, 7) is 2.67. The molecule has 2 N–H and O–H groups in total. The van der Waals surface area contributed by atoms with Gasteiger partial charge in [0.15, 0.2) is 0 Å². The second-order valence-electron chi connectivity index (χ2n) is 5.73. The number of nitrogens with one attached hydrogen (secondary N) is 1. The van der Waals surface area contributed by atoms with Crippen LogP contribution < -0.4 is 5.32 Å². The van der Waals surface area contributed by atoms with Crippen LogP contribution in [-0.2, 0) is 17.9 Å². The van der Waals surface area contributed by atoms with Crippen molar-refractivity contribution in [2.75, 3.05) is 0 Å². The van der Waals surface area contributed by atoms with E-state index >= 15 is 0 Å². The molecule has 0 spiro atoms. The van der Waals surface area contributed by atoms with E-state index in [9.17, 15) is 9.59 Å². The Bertz CT molecular complexity index is 897. The number of fused-ring (bicyclic) bond motifs is 1. The van der Waals surface area contributed by atoms with E-state index in [1.807, 2.05) is 17.6 Å². The Kier molecular flexibility index (Phi) is 4.83. The number of carboxylic acid groups (broad SMARTS) is 1. The molecule has 7 heteroatoms. The number of hydrogen-bond acceptors (Lipinski definition) is 4. The van der Waals surface area contributed by atoms with Crippen LogP contribution in [-0.4, -0.2) is 26.5 Å². The van der Waals surface area contributed by atoms with Crippen molar-refractivity contribution >= 4 is 22.9 Å². The SMILES string of the molecule is CCCC(=O)NCc1nc2cc(C(=O)O)ccc2n1Cc1ccco1. The Morgan fingerprint density at radius 2 is 2.16 bits per heavy atom. The van der Waals surface area contributed by atoms with Gasteiger partial charge >= 0.3 is 5.97 Å². The van der Waals surface area contributed by atoms with Gasteiger partial charge in [0.25, 0.3) is 0 Å². The van der Waals surface area contributed by atoms with Gasteiger partial charge in [0.2, 0.25) is 5.91 Å². The van der Waals surface area contributed by atoms with E-state index in [2.05, 4.69) is 10.3 Å². The van der Waals surface area contributed by atoms with Gasteiger partial charge in [-0.15, -0.1) is 0 Å². The van der Waals surface area contributed by atoms with Gasteiger partial charge in [0, 0.05) is 6.42 Å². The second-order valence-corrected chi connectivity index (χ2v) is 5.73. The lowest BCUT2D eigenvalue weighted by atomic mass is 10.2. The Labute approximate surface area is 144 Å². The average Bonchev–Trinajstić information content (AvgIpc) is 3.21. The summed E-state index contributed by atoms with van der Waals surface area (Å²) in [6.07, 6.45) is 2.83. The number of benzene rings is 1. The van der Waals surface area contributed by atoms with Gasteiger partial charge in [0.1, 0.15) is 11.6 Å². The Hall–Kier alpha value is -3.09. The molecule has 0 aliphatic rings. The van der Waals surface area contributed by atoms with Crippen LogP contribution in [0.25, 0.3) is 11.0 Å². The van der Waals surface area contributed by atoms with E-state index in [-0.39, 0.29) is 18.0 Å². The minimum atomic E-state index is -1.000. The molecule has 130 valence electrons. The van der Waals surface area contributed by atoms with E-state index in [0.717, 1.165) is 17.7 Å². The molecule has 3 aromatic rings. The van der Waals surface area contributed by atoms with Gasteiger partial charge < -0.3 is 19.4 Å². The predicted octanol–water partition coefficient (Wildman–Crippen LogP) is 2.79. The van der Waals surface area contributed by atoms with Crippen molar-refractivity contribution in [3.63, 3.8) is 0 Å². The standard InChI is InChI=1S/C18H19N3O4/c1-2-4-17(22)19-10-16-20-14-9-12(18(23)24)6-7-15(14)21(16)11-13-5-3-8-25-13/h3,5-9H,2,4,10-11H2,1H3,(H,19,22)(H,23,24). The van der Waals surface area contributed by atoms with Crippen LogP contribution in [0, 0.1) is 0 Å². The van der Waals surface area contributed by atoms with E-state index < -0.39 is 5.97 Å². The zero-order chi connectivity index (χ0) is 17.8. The fourth-order valence-corrected chi connectivity index (χ4v) is 2.68. The predicted molar refractivity (Wildman–Crippen MR) is 91.3 cm³/mol. The molecule has 0 aliphatic carbocycles. The lowest BCUT2D eigenvalue weighted by molar-refractivity contribution is -0.121. The van der Waals surface area contributed by atoms with Gasteiger partial charge in [-0.1, -0.05) is 6.92 Å². The topological polar surface area (TPSA) is 97.4 Å². The zero-order valence-electron chi connectivity index (χ0n) is 13.9. The van der Waals surface area contributed by atoms with E-state index in [4.69, 9.17) is 9.52 Å². The fourth-order valence-electron chi connectivity index (χ4n) is 2.68. The summed E-state index contributed by atoms with van der Waals surface area (Å²) in [6, 6.07) is 8.47. The number of imidazole rings is 1. The van der Waals surface area contributed by atoms with E-state index in [1.165, 1.54) is 6.07 Å². The summed E-state index contributed by atoms with van der Waals surface area (Å²) in [5.41, 5.74) is 1.55. The summed E-state index contributed by atoms with van der Waals surface area (Å²) in [4.78, 5) is 27.4. The molecule has 1 aromatic carbocycles. The van der Waals surface area contributed by atoms with Crippen LogP contribution in [0.3, 0.4) is 0 Å².